The van der Waals surface area contributed by atoms with Crippen molar-refractivity contribution in [3.05, 3.63) is 17.6 Å². The molecule has 0 saturated heterocycles. The van der Waals surface area contributed by atoms with E-state index in [0.717, 1.165) is 5.56 Å². The van der Waals surface area contributed by atoms with Gasteiger partial charge in [0.2, 0.25) is 0 Å². The molecular formula is C8H12N4S. The lowest BCUT2D eigenvalue weighted by atomic mass is 10.1. The molecular weight excluding hydrogens is 184 g/mol. The third-order valence-electron chi connectivity index (χ3n) is 1.75. The van der Waals surface area contributed by atoms with Crippen LogP contribution in [0.2, 0.25) is 0 Å². The first-order valence-electron chi connectivity index (χ1n) is 3.94. The Bertz CT molecular complexity index is 313. The van der Waals surface area contributed by atoms with Gasteiger partial charge in [0.25, 0.3) is 0 Å². The Balaban J connectivity index is 2.94. The van der Waals surface area contributed by atoms with Crippen molar-refractivity contribution in [2.75, 3.05) is 5.73 Å². The Kier molecular flexibility index (Phi) is 3.13. The summed E-state index contributed by atoms with van der Waals surface area (Å²) in [7, 11) is 0. The molecule has 1 aromatic rings. The van der Waals surface area contributed by atoms with Gasteiger partial charge in [-0.2, -0.15) is 0 Å². The van der Waals surface area contributed by atoms with Crippen molar-refractivity contribution in [3.63, 3.8) is 0 Å². The fourth-order valence-electron chi connectivity index (χ4n) is 1.02. The second kappa shape index (κ2) is 4.13. The van der Waals surface area contributed by atoms with E-state index in [-0.39, 0.29) is 6.04 Å². The van der Waals surface area contributed by atoms with Crippen LogP contribution in [0.3, 0.4) is 0 Å². The predicted molar refractivity (Wildman–Crippen MR) is 56.4 cm³/mol. The van der Waals surface area contributed by atoms with Crippen LogP contribution < -0.4 is 11.1 Å². The molecule has 0 saturated carbocycles. The molecule has 13 heavy (non-hydrogen) atoms. The van der Waals surface area contributed by atoms with E-state index in [4.69, 9.17) is 5.73 Å². The van der Waals surface area contributed by atoms with Gasteiger partial charge < -0.3 is 11.1 Å². The number of thiocarbonyl (C=S) groups is 1. The van der Waals surface area contributed by atoms with E-state index in [1.165, 1.54) is 5.49 Å². The monoisotopic (exact) mass is 196 g/mol. The Morgan fingerprint density at radius 3 is 2.92 bits per heavy atom. The van der Waals surface area contributed by atoms with Crippen LogP contribution in [0, 0.1) is 6.92 Å². The number of anilines is 1. The van der Waals surface area contributed by atoms with Crippen LogP contribution in [0.15, 0.2) is 6.20 Å². The minimum atomic E-state index is 0.0538. The third kappa shape index (κ3) is 2.35. The minimum absolute atomic E-state index is 0.0538. The van der Waals surface area contributed by atoms with Crippen LogP contribution in [0.1, 0.15) is 24.4 Å². The number of hydrogen-bond acceptors (Lipinski definition) is 4. The standard InChI is InChI=1S/C8H12N4S/c1-5(11-4-13)7-3-10-6(2)12-8(7)9/h3-5H,1-2H3,(H,11,13)(H2,9,10,12). The van der Waals surface area contributed by atoms with E-state index in [0.29, 0.717) is 11.6 Å². The largest absolute Gasteiger partial charge is 0.383 e. The van der Waals surface area contributed by atoms with Gasteiger partial charge in [0.15, 0.2) is 0 Å². The van der Waals surface area contributed by atoms with Crippen molar-refractivity contribution in [3.8, 4) is 0 Å². The lowest BCUT2D eigenvalue weighted by Gasteiger charge is -2.12. The summed E-state index contributed by atoms with van der Waals surface area (Å²) in [6.45, 7) is 3.75. The maximum absolute atomic E-state index is 5.71. The zero-order valence-electron chi connectivity index (χ0n) is 7.61. The summed E-state index contributed by atoms with van der Waals surface area (Å²) in [5.41, 5.74) is 8.04. The van der Waals surface area contributed by atoms with E-state index in [1.54, 1.807) is 13.1 Å². The average molecular weight is 196 g/mol. The van der Waals surface area contributed by atoms with Crippen molar-refractivity contribution in [2.45, 2.75) is 19.9 Å². The van der Waals surface area contributed by atoms with E-state index in [2.05, 4.69) is 27.5 Å². The van der Waals surface area contributed by atoms with Gasteiger partial charge in [-0.25, -0.2) is 9.97 Å². The molecule has 5 heteroatoms. The third-order valence-corrected chi connectivity index (χ3v) is 1.89. The number of hydrogen-bond donors (Lipinski definition) is 2. The molecule has 0 bridgehead atoms. The van der Waals surface area contributed by atoms with E-state index >= 15 is 0 Å². The van der Waals surface area contributed by atoms with Crippen molar-refractivity contribution >= 4 is 23.5 Å². The molecule has 70 valence electrons. The zero-order chi connectivity index (χ0) is 9.84. The van der Waals surface area contributed by atoms with Gasteiger partial charge >= 0.3 is 0 Å². The molecule has 0 aliphatic heterocycles. The first kappa shape index (κ1) is 9.85. The molecule has 3 N–H and O–H groups in total. The number of nitrogens with zero attached hydrogens (tertiary/aromatic N) is 2. The van der Waals surface area contributed by atoms with Gasteiger partial charge in [-0.3, -0.25) is 0 Å². The SMILES string of the molecule is Cc1ncc(C(C)NC=S)c(N)n1. The van der Waals surface area contributed by atoms with Crippen molar-refractivity contribution in [2.24, 2.45) is 0 Å². The van der Waals surface area contributed by atoms with Gasteiger partial charge in [0.05, 0.1) is 11.5 Å². The van der Waals surface area contributed by atoms with Gasteiger partial charge in [0, 0.05) is 11.8 Å². The first-order valence-corrected chi connectivity index (χ1v) is 4.41. The Morgan fingerprint density at radius 2 is 2.38 bits per heavy atom. The fraction of sp³-hybridized carbons (Fsp3) is 0.375. The molecule has 0 aliphatic rings. The summed E-state index contributed by atoms with van der Waals surface area (Å²) in [6.07, 6.45) is 1.72. The van der Waals surface area contributed by atoms with E-state index < -0.39 is 0 Å². The van der Waals surface area contributed by atoms with Crippen LogP contribution >= 0.6 is 12.2 Å². The van der Waals surface area contributed by atoms with Crippen LogP contribution in [0.25, 0.3) is 0 Å². The van der Waals surface area contributed by atoms with Crippen molar-refractivity contribution < 1.29 is 0 Å². The average Bonchev–Trinajstić information content (AvgIpc) is 2.04. The molecule has 1 rings (SSSR count). The Morgan fingerprint density at radius 1 is 1.69 bits per heavy atom. The number of nitrogens with one attached hydrogen (secondary N) is 1. The lowest BCUT2D eigenvalue weighted by Crippen LogP contribution is -2.17. The molecule has 0 fully saturated rings. The number of nitrogen functional groups attached to an aromatic ring is 1. The maximum Gasteiger partial charge on any atom is 0.132 e. The van der Waals surface area contributed by atoms with E-state index in [1.807, 2.05) is 6.92 Å². The smallest absolute Gasteiger partial charge is 0.132 e. The molecule has 1 atom stereocenters. The quantitative estimate of drug-likeness (QED) is 0.705. The maximum atomic E-state index is 5.71. The molecule has 0 amide bonds. The summed E-state index contributed by atoms with van der Waals surface area (Å²) >= 11 is 4.68. The van der Waals surface area contributed by atoms with Crippen molar-refractivity contribution in [1.82, 2.24) is 15.3 Å². The summed E-state index contributed by atoms with van der Waals surface area (Å²) in [5, 5.41) is 2.95. The predicted octanol–water partition coefficient (Wildman–Crippen LogP) is 0.975. The highest BCUT2D eigenvalue weighted by atomic mass is 32.1. The lowest BCUT2D eigenvalue weighted by molar-refractivity contribution is 0.724. The van der Waals surface area contributed by atoms with E-state index in [9.17, 15) is 0 Å². The highest BCUT2D eigenvalue weighted by Crippen LogP contribution is 2.16. The molecule has 4 nitrogen and oxygen atoms in total. The first-order chi connectivity index (χ1) is 6.15. The summed E-state index contributed by atoms with van der Waals surface area (Å²) in [6, 6.07) is 0.0538. The Labute approximate surface area is 82.6 Å². The molecule has 0 aromatic carbocycles. The molecule has 0 radical (unpaired) electrons. The molecule has 0 spiro atoms. The van der Waals surface area contributed by atoms with Gasteiger partial charge in [0.1, 0.15) is 11.6 Å². The van der Waals surface area contributed by atoms with Crippen molar-refractivity contribution in [1.29, 1.82) is 0 Å². The highest BCUT2D eigenvalue weighted by Gasteiger charge is 2.08. The van der Waals surface area contributed by atoms with Crippen LogP contribution in [-0.2, 0) is 0 Å². The zero-order valence-corrected chi connectivity index (χ0v) is 8.43. The number of aryl methyl sites for hydroxylation is 1. The van der Waals surface area contributed by atoms with Crippen LogP contribution in [0.4, 0.5) is 5.82 Å². The van der Waals surface area contributed by atoms with Gasteiger partial charge in [-0.1, -0.05) is 12.2 Å². The number of nitrogens with two attached hydrogens (primary N) is 1. The van der Waals surface area contributed by atoms with Crippen LogP contribution in [-0.4, -0.2) is 15.5 Å². The molecule has 1 heterocycles. The molecule has 0 aliphatic carbocycles. The summed E-state index contributed by atoms with van der Waals surface area (Å²) in [5.74, 6) is 1.18. The minimum Gasteiger partial charge on any atom is -0.383 e. The second-order valence-corrected chi connectivity index (χ2v) is 3.00. The van der Waals surface area contributed by atoms with Gasteiger partial charge in [-0.05, 0) is 13.8 Å². The number of rotatable bonds is 3. The van der Waals surface area contributed by atoms with Crippen LogP contribution in [0.5, 0.6) is 0 Å². The highest BCUT2D eigenvalue weighted by molar-refractivity contribution is 7.78. The number of aromatic nitrogens is 2. The Hall–Kier alpha value is -1.23. The second-order valence-electron chi connectivity index (χ2n) is 2.76. The van der Waals surface area contributed by atoms with Gasteiger partial charge in [-0.15, -0.1) is 0 Å². The molecule has 1 unspecified atom stereocenters. The molecule has 1 aromatic heterocycles. The normalized spacial score (nSPS) is 12.2. The summed E-state index contributed by atoms with van der Waals surface area (Å²) in [4.78, 5) is 8.12. The topological polar surface area (TPSA) is 63.8 Å². The fourth-order valence-corrected chi connectivity index (χ4v) is 1.23. The summed E-state index contributed by atoms with van der Waals surface area (Å²) < 4.78 is 0.